The molecule has 4 nitrogen and oxygen atoms in total. The molecule has 0 saturated heterocycles. The Balaban J connectivity index is 2.09. The first kappa shape index (κ1) is 15.6. The van der Waals surface area contributed by atoms with Gasteiger partial charge in [0.15, 0.2) is 0 Å². The Bertz CT molecular complexity index is 812. The summed E-state index contributed by atoms with van der Waals surface area (Å²) in [6.45, 7) is 2.47. The van der Waals surface area contributed by atoms with Crippen LogP contribution < -0.4 is 0 Å². The van der Waals surface area contributed by atoms with E-state index in [9.17, 15) is 17.2 Å². The second kappa shape index (κ2) is 5.43. The number of nitrogens with zero attached hydrogens (tertiary/aromatic N) is 2. The normalized spacial score (nSPS) is 19.2. The predicted molar refractivity (Wildman–Crippen MR) is 80.8 cm³/mol. The highest BCUT2D eigenvalue weighted by Crippen LogP contribution is 2.35. The van der Waals surface area contributed by atoms with E-state index in [1.54, 1.807) is 6.92 Å². The molecule has 2 heterocycles. The van der Waals surface area contributed by atoms with E-state index < -0.39 is 32.6 Å². The molecule has 118 valence electrons. The molecule has 1 atom stereocenters. The zero-order chi connectivity index (χ0) is 16.1. The highest BCUT2D eigenvalue weighted by molar-refractivity contribution is 9.10. The highest BCUT2D eigenvalue weighted by atomic mass is 79.9. The van der Waals surface area contributed by atoms with Crippen LogP contribution in [0.3, 0.4) is 0 Å². The van der Waals surface area contributed by atoms with Gasteiger partial charge in [0, 0.05) is 35.5 Å². The quantitative estimate of drug-likeness (QED) is 0.789. The first-order valence-corrected chi connectivity index (χ1v) is 8.87. The highest BCUT2D eigenvalue weighted by Gasteiger charge is 2.36. The number of fused-ring (bicyclic) bond motifs is 1. The van der Waals surface area contributed by atoms with Crippen molar-refractivity contribution in [3.63, 3.8) is 0 Å². The third-order valence-electron chi connectivity index (χ3n) is 3.82. The van der Waals surface area contributed by atoms with E-state index in [1.807, 2.05) is 22.9 Å². The molecule has 0 saturated carbocycles. The molecular weight excluding hydrogens is 378 g/mol. The first-order chi connectivity index (χ1) is 10.3. The van der Waals surface area contributed by atoms with Crippen molar-refractivity contribution < 1.29 is 17.2 Å². The summed E-state index contributed by atoms with van der Waals surface area (Å²) < 4.78 is 55.9. The number of halogens is 3. The molecule has 0 radical (unpaired) electrons. The minimum absolute atomic E-state index is 0.113. The van der Waals surface area contributed by atoms with E-state index in [-0.39, 0.29) is 11.0 Å². The van der Waals surface area contributed by atoms with Crippen LogP contribution >= 0.6 is 15.9 Å². The van der Waals surface area contributed by atoms with Gasteiger partial charge in [-0.2, -0.15) is 4.31 Å². The summed E-state index contributed by atoms with van der Waals surface area (Å²) >= 11 is 2.95. The van der Waals surface area contributed by atoms with Crippen molar-refractivity contribution >= 4 is 26.0 Å². The molecule has 1 aromatic carbocycles. The third-order valence-corrected chi connectivity index (χ3v) is 6.75. The number of rotatable bonds is 2. The Hall–Kier alpha value is -1.25. The van der Waals surface area contributed by atoms with Gasteiger partial charge in [-0.1, -0.05) is 0 Å². The molecule has 8 heteroatoms. The van der Waals surface area contributed by atoms with Crippen LogP contribution in [0.2, 0.25) is 0 Å². The maximum absolute atomic E-state index is 14.0. The maximum Gasteiger partial charge on any atom is 0.247 e. The summed E-state index contributed by atoms with van der Waals surface area (Å²) in [4.78, 5) is -0.527. The molecular formula is C14H13BrF2N2O2S. The predicted octanol–water partition coefficient (Wildman–Crippen LogP) is 3.29. The zero-order valence-electron chi connectivity index (χ0n) is 11.6. The van der Waals surface area contributed by atoms with Crippen LogP contribution in [0, 0.1) is 11.6 Å². The smallest absolute Gasteiger partial charge is 0.247 e. The molecule has 1 aromatic heterocycles. The van der Waals surface area contributed by atoms with Crippen molar-refractivity contribution in [2.24, 2.45) is 0 Å². The Morgan fingerprint density at radius 3 is 2.68 bits per heavy atom. The number of hydrogen-bond donors (Lipinski definition) is 0. The Kier molecular flexibility index (Phi) is 3.86. The summed E-state index contributed by atoms with van der Waals surface area (Å²) in [5, 5.41) is 0. The molecule has 0 unspecified atom stereocenters. The molecule has 0 spiro atoms. The Labute approximate surface area is 135 Å². The average molecular weight is 391 g/mol. The molecule has 22 heavy (non-hydrogen) atoms. The van der Waals surface area contributed by atoms with Crippen LogP contribution in [0.25, 0.3) is 0 Å². The average Bonchev–Trinajstić information content (AvgIpc) is 2.86. The van der Waals surface area contributed by atoms with Crippen molar-refractivity contribution in [2.45, 2.75) is 24.4 Å². The van der Waals surface area contributed by atoms with Crippen LogP contribution in [0.15, 0.2) is 39.8 Å². The number of aromatic nitrogens is 1. The van der Waals surface area contributed by atoms with E-state index in [0.29, 0.717) is 12.6 Å². The fraction of sp³-hybridized carbons (Fsp3) is 0.286. The lowest BCUT2D eigenvalue weighted by atomic mass is 10.2. The van der Waals surface area contributed by atoms with Crippen molar-refractivity contribution in [2.75, 3.05) is 6.54 Å². The number of hydrogen-bond acceptors (Lipinski definition) is 2. The fourth-order valence-corrected chi connectivity index (χ4v) is 5.49. The minimum Gasteiger partial charge on any atom is -0.349 e. The number of benzene rings is 1. The van der Waals surface area contributed by atoms with Gasteiger partial charge in [0.2, 0.25) is 10.0 Å². The summed E-state index contributed by atoms with van der Waals surface area (Å²) in [5.41, 5.74) is 0.841. The van der Waals surface area contributed by atoms with E-state index in [0.717, 1.165) is 11.8 Å². The minimum atomic E-state index is -4.08. The summed E-state index contributed by atoms with van der Waals surface area (Å²) in [7, 11) is -4.08. The molecule has 1 aliphatic rings. The Morgan fingerprint density at radius 2 is 2.00 bits per heavy atom. The van der Waals surface area contributed by atoms with E-state index in [1.165, 1.54) is 4.31 Å². The lowest BCUT2D eigenvalue weighted by molar-refractivity contribution is 0.281. The monoisotopic (exact) mass is 390 g/mol. The second-order valence-corrected chi connectivity index (χ2v) is 7.80. The summed E-state index contributed by atoms with van der Waals surface area (Å²) in [6.07, 6.45) is 1.88. The van der Waals surface area contributed by atoms with Gasteiger partial charge in [-0.25, -0.2) is 17.2 Å². The van der Waals surface area contributed by atoms with Gasteiger partial charge >= 0.3 is 0 Å². The van der Waals surface area contributed by atoms with Crippen LogP contribution in [0.4, 0.5) is 8.78 Å². The van der Waals surface area contributed by atoms with E-state index in [4.69, 9.17) is 0 Å². The number of sulfonamides is 1. The van der Waals surface area contributed by atoms with Crippen molar-refractivity contribution in [3.05, 3.63) is 52.3 Å². The Morgan fingerprint density at radius 1 is 1.27 bits per heavy atom. The van der Waals surface area contributed by atoms with Crippen molar-refractivity contribution in [1.29, 1.82) is 0 Å². The molecule has 0 aliphatic carbocycles. The molecule has 2 aromatic rings. The van der Waals surface area contributed by atoms with Crippen LogP contribution in [0.1, 0.15) is 18.7 Å². The standard InChI is InChI=1S/C14H13BrF2N2O2S/c1-9-13-3-2-4-18(13)5-6-19(9)22(20,21)14-11(15)7-10(16)8-12(14)17/h2-4,7-9H,5-6H2,1H3/t9-/m1/s1. The summed E-state index contributed by atoms with van der Waals surface area (Å²) in [6, 6.07) is 4.78. The second-order valence-electron chi connectivity index (χ2n) is 5.12. The third kappa shape index (κ3) is 2.39. The van der Waals surface area contributed by atoms with Crippen molar-refractivity contribution in [3.8, 4) is 0 Å². The van der Waals surface area contributed by atoms with Gasteiger partial charge in [-0.15, -0.1) is 0 Å². The first-order valence-electron chi connectivity index (χ1n) is 6.64. The molecule has 0 fully saturated rings. The lowest BCUT2D eigenvalue weighted by Crippen LogP contribution is -2.41. The van der Waals surface area contributed by atoms with Gasteiger partial charge in [0.25, 0.3) is 0 Å². The van der Waals surface area contributed by atoms with Crippen LogP contribution in [-0.2, 0) is 16.6 Å². The van der Waals surface area contributed by atoms with Crippen molar-refractivity contribution in [1.82, 2.24) is 8.87 Å². The van der Waals surface area contributed by atoms with Gasteiger partial charge in [0.1, 0.15) is 16.5 Å². The largest absolute Gasteiger partial charge is 0.349 e. The zero-order valence-corrected chi connectivity index (χ0v) is 14.0. The molecule has 0 amide bonds. The maximum atomic E-state index is 14.0. The van der Waals surface area contributed by atoms with Gasteiger partial charge in [-0.3, -0.25) is 0 Å². The fourth-order valence-electron chi connectivity index (χ4n) is 2.78. The summed E-state index contributed by atoms with van der Waals surface area (Å²) in [5.74, 6) is -1.93. The van der Waals surface area contributed by atoms with Crippen LogP contribution in [0.5, 0.6) is 0 Å². The molecule has 0 bridgehead atoms. The van der Waals surface area contributed by atoms with E-state index >= 15 is 0 Å². The molecule has 0 N–H and O–H groups in total. The van der Waals surface area contributed by atoms with E-state index in [2.05, 4.69) is 15.9 Å². The topological polar surface area (TPSA) is 42.3 Å². The SMILES string of the molecule is C[C@@H]1c2cccn2CCN1S(=O)(=O)c1c(F)cc(F)cc1Br. The van der Waals surface area contributed by atoms with Gasteiger partial charge in [0.05, 0.1) is 6.04 Å². The molecule has 3 rings (SSSR count). The molecule has 1 aliphatic heterocycles. The van der Waals surface area contributed by atoms with Crippen LogP contribution in [-0.4, -0.2) is 23.8 Å². The lowest BCUT2D eigenvalue weighted by Gasteiger charge is -2.34. The van der Waals surface area contributed by atoms with Gasteiger partial charge < -0.3 is 4.57 Å². The van der Waals surface area contributed by atoms with Gasteiger partial charge in [-0.05, 0) is 41.1 Å².